The summed E-state index contributed by atoms with van der Waals surface area (Å²) < 4.78 is 0. The van der Waals surface area contributed by atoms with Crippen LogP contribution >= 0.6 is 12.6 Å². The molecule has 1 unspecified atom stereocenters. The maximum Gasteiger partial charge on any atom is 0.251 e. The van der Waals surface area contributed by atoms with Crippen LogP contribution in [0.1, 0.15) is 36.2 Å². The standard InChI is InChI=1S/C16H26N2OS/c1-11(2)8-13(10-18(4)5)17-16(19)15-9-14(20)7-6-12(15)3/h6-7,9,11,13,20H,8,10H2,1-5H3,(H,17,19). The number of carbonyl (C=O) groups excluding carboxylic acids is 1. The van der Waals surface area contributed by atoms with E-state index in [9.17, 15) is 4.79 Å². The van der Waals surface area contributed by atoms with Crippen molar-refractivity contribution in [2.75, 3.05) is 20.6 Å². The number of hydrogen-bond acceptors (Lipinski definition) is 3. The minimum atomic E-state index is -0.00843. The molecule has 0 radical (unpaired) electrons. The summed E-state index contributed by atoms with van der Waals surface area (Å²) in [6.07, 6.45) is 0.976. The van der Waals surface area contributed by atoms with Crippen molar-refractivity contribution < 1.29 is 4.79 Å². The first kappa shape index (κ1) is 17.1. The zero-order valence-electron chi connectivity index (χ0n) is 13.1. The molecule has 1 amide bonds. The number of aryl methyl sites for hydroxylation is 1. The monoisotopic (exact) mass is 294 g/mol. The third-order valence-electron chi connectivity index (χ3n) is 3.14. The van der Waals surface area contributed by atoms with Crippen LogP contribution in [0.3, 0.4) is 0 Å². The summed E-state index contributed by atoms with van der Waals surface area (Å²) in [4.78, 5) is 15.3. The molecule has 0 aliphatic heterocycles. The molecule has 112 valence electrons. The van der Waals surface area contributed by atoms with Crippen molar-refractivity contribution in [3.05, 3.63) is 29.3 Å². The summed E-state index contributed by atoms with van der Waals surface area (Å²) in [5.41, 5.74) is 1.69. The van der Waals surface area contributed by atoms with E-state index >= 15 is 0 Å². The number of thiol groups is 1. The third kappa shape index (κ3) is 5.55. The first-order valence-electron chi connectivity index (χ1n) is 7.04. The second-order valence-corrected chi connectivity index (χ2v) is 6.58. The van der Waals surface area contributed by atoms with Gasteiger partial charge >= 0.3 is 0 Å². The van der Waals surface area contributed by atoms with Crippen LogP contribution in [-0.4, -0.2) is 37.5 Å². The van der Waals surface area contributed by atoms with Crippen LogP contribution in [0, 0.1) is 12.8 Å². The fraction of sp³-hybridized carbons (Fsp3) is 0.562. The highest BCUT2D eigenvalue weighted by Crippen LogP contribution is 2.15. The quantitative estimate of drug-likeness (QED) is 0.791. The molecule has 1 aromatic rings. The normalized spacial score (nSPS) is 12.8. The van der Waals surface area contributed by atoms with Gasteiger partial charge in [-0.3, -0.25) is 4.79 Å². The molecule has 0 spiro atoms. The van der Waals surface area contributed by atoms with E-state index in [0.717, 1.165) is 23.4 Å². The van der Waals surface area contributed by atoms with Crippen molar-refractivity contribution in [1.29, 1.82) is 0 Å². The SMILES string of the molecule is Cc1ccc(S)cc1C(=O)NC(CC(C)C)CN(C)C. The molecule has 1 atom stereocenters. The summed E-state index contributed by atoms with van der Waals surface area (Å²) in [5.74, 6) is 0.545. The summed E-state index contributed by atoms with van der Waals surface area (Å²) >= 11 is 4.31. The summed E-state index contributed by atoms with van der Waals surface area (Å²) in [7, 11) is 4.05. The zero-order valence-corrected chi connectivity index (χ0v) is 14.0. The highest BCUT2D eigenvalue weighted by Gasteiger charge is 2.17. The number of nitrogens with one attached hydrogen (secondary N) is 1. The Balaban J connectivity index is 2.81. The molecular formula is C16H26N2OS. The van der Waals surface area contributed by atoms with Crippen molar-refractivity contribution >= 4 is 18.5 Å². The van der Waals surface area contributed by atoms with Crippen LogP contribution in [0.5, 0.6) is 0 Å². The number of benzene rings is 1. The van der Waals surface area contributed by atoms with Gasteiger partial charge in [-0.1, -0.05) is 19.9 Å². The summed E-state index contributed by atoms with van der Waals surface area (Å²) in [5, 5.41) is 3.15. The minimum absolute atomic E-state index is 0.00843. The highest BCUT2D eigenvalue weighted by molar-refractivity contribution is 7.80. The van der Waals surface area contributed by atoms with Crippen LogP contribution in [0.4, 0.5) is 0 Å². The Labute approximate surface area is 128 Å². The fourth-order valence-corrected chi connectivity index (χ4v) is 2.51. The number of rotatable bonds is 6. The van der Waals surface area contributed by atoms with Gasteiger partial charge in [0.05, 0.1) is 0 Å². The van der Waals surface area contributed by atoms with Gasteiger partial charge in [0.1, 0.15) is 0 Å². The van der Waals surface area contributed by atoms with Gasteiger partial charge in [-0.05, 0) is 51.1 Å². The van der Waals surface area contributed by atoms with Gasteiger partial charge in [-0.15, -0.1) is 12.6 Å². The van der Waals surface area contributed by atoms with Crippen LogP contribution < -0.4 is 5.32 Å². The van der Waals surface area contributed by atoms with Crippen molar-refractivity contribution in [2.24, 2.45) is 5.92 Å². The maximum atomic E-state index is 12.4. The zero-order chi connectivity index (χ0) is 15.3. The van der Waals surface area contributed by atoms with E-state index in [1.165, 1.54) is 0 Å². The largest absolute Gasteiger partial charge is 0.348 e. The van der Waals surface area contributed by atoms with Gasteiger partial charge in [0.2, 0.25) is 0 Å². The van der Waals surface area contributed by atoms with E-state index in [0.29, 0.717) is 11.5 Å². The van der Waals surface area contributed by atoms with E-state index in [-0.39, 0.29) is 11.9 Å². The van der Waals surface area contributed by atoms with Crippen LogP contribution in [0.2, 0.25) is 0 Å². The Hall–Kier alpha value is -1.00. The Morgan fingerprint density at radius 2 is 2.00 bits per heavy atom. The van der Waals surface area contributed by atoms with Crippen molar-refractivity contribution in [3.8, 4) is 0 Å². The summed E-state index contributed by atoms with van der Waals surface area (Å²) in [6.45, 7) is 7.15. The fourth-order valence-electron chi connectivity index (χ4n) is 2.31. The molecule has 4 heteroatoms. The highest BCUT2D eigenvalue weighted by atomic mass is 32.1. The lowest BCUT2D eigenvalue weighted by atomic mass is 10.0. The lowest BCUT2D eigenvalue weighted by Crippen LogP contribution is -2.42. The van der Waals surface area contributed by atoms with Gasteiger partial charge in [-0.25, -0.2) is 0 Å². The van der Waals surface area contributed by atoms with E-state index in [1.54, 1.807) is 0 Å². The van der Waals surface area contributed by atoms with Gasteiger partial charge in [-0.2, -0.15) is 0 Å². The molecule has 1 N–H and O–H groups in total. The second-order valence-electron chi connectivity index (χ2n) is 6.06. The van der Waals surface area contributed by atoms with Gasteiger partial charge in [0.15, 0.2) is 0 Å². The lowest BCUT2D eigenvalue weighted by Gasteiger charge is -2.24. The molecule has 1 rings (SSSR count). The predicted octanol–water partition coefficient (Wildman–Crippen LogP) is 2.99. The first-order valence-corrected chi connectivity index (χ1v) is 7.49. The first-order chi connectivity index (χ1) is 9.29. The summed E-state index contributed by atoms with van der Waals surface area (Å²) in [6, 6.07) is 5.83. The van der Waals surface area contributed by atoms with Crippen LogP contribution in [0.15, 0.2) is 23.1 Å². The van der Waals surface area contributed by atoms with E-state index in [1.807, 2.05) is 39.2 Å². The van der Waals surface area contributed by atoms with Crippen molar-refractivity contribution in [2.45, 2.75) is 38.1 Å². The number of nitrogens with zero attached hydrogens (tertiary/aromatic N) is 1. The molecular weight excluding hydrogens is 268 g/mol. The van der Waals surface area contributed by atoms with Crippen LogP contribution in [0.25, 0.3) is 0 Å². The Morgan fingerprint density at radius 3 is 2.55 bits per heavy atom. The molecule has 0 saturated carbocycles. The average Bonchev–Trinajstić information content (AvgIpc) is 2.30. The lowest BCUT2D eigenvalue weighted by molar-refractivity contribution is 0.0923. The molecule has 0 aromatic heterocycles. The van der Waals surface area contributed by atoms with Crippen molar-refractivity contribution in [1.82, 2.24) is 10.2 Å². The molecule has 20 heavy (non-hydrogen) atoms. The minimum Gasteiger partial charge on any atom is -0.348 e. The molecule has 0 fully saturated rings. The predicted molar refractivity (Wildman–Crippen MR) is 87.7 cm³/mol. The Bertz CT molecular complexity index is 448. The Morgan fingerprint density at radius 1 is 1.35 bits per heavy atom. The second kappa shape index (κ2) is 7.70. The number of hydrogen-bond donors (Lipinski definition) is 2. The molecule has 0 heterocycles. The third-order valence-corrected chi connectivity index (χ3v) is 3.42. The van der Waals surface area contributed by atoms with E-state index < -0.39 is 0 Å². The van der Waals surface area contributed by atoms with E-state index in [2.05, 4.69) is 36.7 Å². The smallest absolute Gasteiger partial charge is 0.251 e. The van der Waals surface area contributed by atoms with E-state index in [4.69, 9.17) is 0 Å². The van der Waals surface area contributed by atoms with Gasteiger partial charge in [0, 0.05) is 23.0 Å². The molecule has 1 aromatic carbocycles. The molecule has 0 saturated heterocycles. The van der Waals surface area contributed by atoms with Crippen LogP contribution in [-0.2, 0) is 0 Å². The molecule has 3 nitrogen and oxygen atoms in total. The van der Waals surface area contributed by atoms with Gasteiger partial charge < -0.3 is 10.2 Å². The topological polar surface area (TPSA) is 32.3 Å². The van der Waals surface area contributed by atoms with Crippen molar-refractivity contribution in [3.63, 3.8) is 0 Å². The Kier molecular flexibility index (Phi) is 6.56. The average molecular weight is 294 g/mol. The molecule has 0 bridgehead atoms. The number of likely N-dealkylation sites (N-methyl/N-ethyl adjacent to an activating group) is 1. The van der Waals surface area contributed by atoms with Gasteiger partial charge in [0.25, 0.3) is 5.91 Å². The number of carbonyl (C=O) groups is 1. The molecule has 0 aliphatic rings. The molecule has 0 aliphatic carbocycles. The maximum absolute atomic E-state index is 12.4. The number of amides is 1.